The third-order valence-corrected chi connectivity index (χ3v) is 2.37. The highest BCUT2D eigenvalue weighted by Gasteiger charge is 2.28. The molecule has 0 atom stereocenters. The molecule has 0 spiro atoms. The van der Waals surface area contributed by atoms with Crippen LogP contribution in [0.3, 0.4) is 0 Å². The Labute approximate surface area is 70.2 Å². The topological polar surface area (TPSA) is 26.0 Å². The molecule has 1 fully saturated rings. The normalized spacial score (nSPS) is 17.0. The monoisotopic (exact) mass is 159 g/mol. The molecule has 60 valence electrons. The molecular weight excluding hydrogens is 150 g/mol. The predicted molar refractivity (Wildman–Crippen MR) is 46.0 cm³/mol. The largest absolute Gasteiger partial charge is 0.356 e. The molecule has 1 aromatic heterocycles. The molecule has 0 N–H and O–H groups in total. The van der Waals surface area contributed by atoms with Crippen molar-refractivity contribution in [2.75, 3.05) is 0 Å². The first-order valence-electron chi connectivity index (χ1n) is 4.29. The van der Waals surface area contributed by atoms with Gasteiger partial charge in [-0.1, -0.05) is 17.3 Å². The van der Waals surface area contributed by atoms with Crippen LogP contribution in [0.25, 0.3) is 11.0 Å². The zero-order valence-corrected chi connectivity index (χ0v) is 6.66. The molecular formula is C10H9NO. The van der Waals surface area contributed by atoms with E-state index >= 15 is 0 Å². The molecule has 1 aliphatic rings. The second-order valence-electron chi connectivity index (χ2n) is 3.34. The second-order valence-corrected chi connectivity index (χ2v) is 3.34. The molecule has 2 aromatic rings. The SMILES string of the molecule is c1ccc2c(C3CC3)noc2c1. The van der Waals surface area contributed by atoms with Crippen LogP contribution in [0.2, 0.25) is 0 Å². The molecule has 0 radical (unpaired) electrons. The highest BCUT2D eigenvalue weighted by Crippen LogP contribution is 2.42. The van der Waals surface area contributed by atoms with Gasteiger partial charge in [0.2, 0.25) is 0 Å². The number of hydrogen-bond acceptors (Lipinski definition) is 2. The Morgan fingerprint density at radius 3 is 2.92 bits per heavy atom. The summed E-state index contributed by atoms with van der Waals surface area (Å²) in [5.74, 6) is 0.675. The van der Waals surface area contributed by atoms with Crippen molar-refractivity contribution in [3.05, 3.63) is 30.0 Å². The lowest BCUT2D eigenvalue weighted by Gasteiger charge is -1.87. The summed E-state index contributed by atoms with van der Waals surface area (Å²) in [6.07, 6.45) is 2.55. The fourth-order valence-electron chi connectivity index (χ4n) is 1.56. The van der Waals surface area contributed by atoms with E-state index in [2.05, 4.69) is 11.2 Å². The molecule has 2 nitrogen and oxygen atoms in total. The molecule has 0 unspecified atom stereocenters. The lowest BCUT2D eigenvalue weighted by atomic mass is 10.1. The lowest BCUT2D eigenvalue weighted by Crippen LogP contribution is -1.77. The van der Waals surface area contributed by atoms with Crippen molar-refractivity contribution in [3.8, 4) is 0 Å². The van der Waals surface area contributed by atoms with Crippen molar-refractivity contribution in [2.24, 2.45) is 0 Å². The first-order valence-corrected chi connectivity index (χ1v) is 4.29. The summed E-state index contributed by atoms with van der Waals surface area (Å²) >= 11 is 0. The van der Waals surface area contributed by atoms with Crippen LogP contribution in [0.4, 0.5) is 0 Å². The van der Waals surface area contributed by atoms with Crippen molar-refractivity contribution in [1.29, 1.82) is 0 Å². The highest BCUT2D eigenvalue weighted by molar-refractivity contribution is 5.80. The van der Waals surface area contributed by atoms with Crippen molar-refractivity contribution < 1.29 is 4.52 Å². The van der Waals surface area contributed by atoms with E-state index in [1.807, 2.05) is 18.2 Å². The van der Waals surface area contributed by atoms with Crippen LogP contribution in [0.5, 0.6) is 0 Å². The smallest absolute Gasteiger partial charge is 0.167 e. The number of nitrogens with zero attached hydrogens (tertiary/aromatic N) is 1. The molecule has 0 amide bonds. The fourth-order valence-corrected chi connectivity index (χ4v) is 1.56. The maximum Gasteiger partial charge on any atom is 0.167 e. The Morgan fingerprint density at radius 1 is 1.25 bits per heavy atom. The Morgan fingerprint density at radius 2 is 2.08 bits per heavy atom. The molecule has 1 heterocycles. The van der Waals surface area contributed by atoms with E-state index in [0.29, 0.717) is 5.92 Å². The maximum absolute atomic E-state index is 5.20. The van der Waals surface area contributed by atoms with E-state index in [4.69, 9.17) is 4.52 Å². The number of para-hydroxylation sites is 1. The Bertz CT molecular complexity index is 414. The molecule has 0 bridgehead atoms. The van der Waals surface area contributed by atoms with Crippen molar-refractivity contribution in [1.82, 2.24) is 5.16 Å². The molecule has 3 rings (SSSR count). The first kappa shape index (κ1) is 6.23. The molecule has 12 heavy (non-hydrogen) atoms. The lowest BCUT2D eigenvalue weighted by molar-refractivity contribution is 0.446. The molecule has 2 heteroatoms. The van der Waals surface area contributed by atoms with Gasteiger partial charge in [-0.3, -0.25) is 0 Å². The molecule has 0 saturated heterocycles. The molecule has 1 saturated carbocycles. The van der Waals surface area contributed by atoms with Gasteiger partial charge in [0.05, 0.1) is 5.69 Å². The summed E-state index contributed by atoms with van der Waals surface area (Å²) in [5.41, 5.74) is 2.07. The van der Waals surface area contributed by atoms with Crippen LogP contribution < -0.4 is 0 Å². The van der Waals surface area contributed by atoms with Gasteiger partial charge in [0, 0.05) is 11.3 Å². The van der Waals surface area contributed by atoms with E-state index in [0.717, 1.165) is 11.3 Å². The highest BCUT2D eigenvalue weighted by atomic mass is 16.5. The van der Waals surface area contributed by atoms with Crippen LogP contribution in [0, 0.1) is 0 Å². The summed E-state index contributed by atoms with van der Waals surface area (Å²) in [6, 6.07) is 8.06. The summed E-state index contributed by atoms with van der Waals surface area (Å²) < 4.78 is 5.20. The van der Waals surface area contributed by atoms with Gasteiger partial charge < -0.3 is 4.52 Å². The summed E-state index contributed by atoms with van der Waals surface area (Å²) in [7, 11) is 0. The van der Waals surface area contributed by atoms with E-state index in [1.54, 1.807) is 0 Å². The van der Waals surface area contributed by atoms with Gasteiger partial charge in [-0.25, -0.2) is 0 Å². The Kier molecular flexibility index (Phi) is 1.09. The second kappa shape index (κ2) is 2.09. The van der Waals surface area contributed by atoms with Crippen LogP contribution in [0.15, 0.2) is 28.8 Å². The van der Waals surface area contributed by atoms with Gasteiger partial charge in [-0.05, 0) is 25.0 Å². The minimum atomic E-state index is 0.675. The average molecular weight is 159 g/mol. The first-order chi connectivity index (χ1) is 5.95. The van der Waals surface area contributed by atoms with Crippen LogP contribution in [-0.4, -0.2) is 5.16 Å². The average Bonchev–Trinajstić information content (AvgIpc) is 2.86. The fraction of sp³-hybridized carbons (Fsp3) is 0.300. The van der Waals surface area contributed by atoms with E-state index in [1.165, 1.54) is 18.2 Å². The van der Waals surface area contributed by atoms with Gasteiger partial charge >= 0.3 is 0 Å². The van der Waals surface area contributed by atoms with Gasteiger partial charge in [0.15, 0.2) is 5.58 Å². The van der Waals surface area contributed by atoms with Crippen molar-refractivity contribution >= 4 is 11.0 Å². The van der Waals surface area contributed by atoms with Gasteiger partial charge in [-0.2, -0.15) is 0 Å². The van der Waals surface area contributed by atoms with E-state index in [9.17, 15) is 0 Å². The number of fused-ring (bicyclic) bond motifs is 1. The maximum atomic E-state index is 5.20. The number of hydrogen-bond donors (Lipinski definition) is 0. The van der Waals surface area contributed by atoms with E-state index < -0.39 is 0 Å². The Hall–Kier alpha value is -1.31. The van der Waals surface area contributed by atoms with Crippen molar-refractivity contribution in [3.63, 3.8) is 0 Å². The zero-order chi connectivity index (χ0) is 7.97. The van der Waals surface area contributed by atoms with Crippen molar-refractivity contribution in [2.45, 2.75) is 18.8 Å². The third-order valence-electron chi connectivity index (χ3n) is 2.37. The number of aromatic nitrogens is 1. The minimum Gasteiger partial charge on any atom is -0.356 e. The molecule has 1 aromatic carbocycles. The van der Waals surface area contributed by atoms with Crippen LogP contribution >= 0.6 is 0 Å². The van der Waals surface area contributed by atoms with E-state index in [-0.39, 0.29) is 0 Å². The number of rotatable bonds is 1. The van der Waals surface area contributed by atoms with Gasteiger partial charge in [-0.15, -0.1) is 0 Å². The predicted octanol–water partition coefficient (Wildman–Crippen LogP) is 2.71. The molecule has 0 aliphatic heterocycles. The summed E-state index contributed by atoms with van der Waals surface area (Å²) in [5, 5.41) is 5.28. The summed E-state index contributed by atoms with van der Waals surface area (Å²) in [4.78, 5) is 0. The number of benzene rings is 1. The standard InChI is InChI=1S/C10H9NO/c1-2-4-9-8(3-1)10(11-12-9)7-5-6-7/h1-4,7H,5-6H2. The van der Waals surface area contributed by atoms with Gasteiger partial charge in [0.1, 0.15) is 0 Å². The van der Waals surface area contributed by atoms with Crippen LogP contribution in [0.1, 0.15) is 24.5 Å². The zero-order valence-electron chi connectivity index (χ0n) is 6.66. The third kappa shape index (κ3) is 0.779. The summed E-state index contributed by atoms with van der Waals surface area (Å²) in [6.45, 7) is 0. The minimum absolute atomic E-state index is 0.675. The molecule has 1 aliphatic carbocycles. The Balaban J connectivity index is 2.30. The van der Waals surface area contributed by atoms with Gasteiger partial charge in [0.25, 0.3) is 0 Å². The quantitative estimate of drug-likeness (QED) is 0.639. The van der Waals surface area contributed by atoms with Crippen LogP contribution in [-0.2, 0) is 0 Å².